The van der Waals surface area contributed by atoms with Crippen molar-refractivity contribution in [2.75, 3.05) is 11.4 Å². The van der Waals surface area contributed by atoms with E-state index in [1.54, 1.807) is 6.07 Å². The maximum absolute atomic E-state index is 11.6. The van der Waals surface area contributed by atoms with E-state index in [1.807, 2.05) is 25.1 Å². The molecule has 0 saturated heterocycles. The number of fused-ring (bicyclic) bond motifs is 3. The van der Waals surface area contributed by atoms with Gasteiger partial charge in [-0.3, -0.25) is 4.79 Å². The molecule has 0 aliphatic carbocycles. The highest BCUT2D eigenvalue weighted by Gasteiger charge is 2.26. The van der Waals surface area contributed by atoms with Gasteiger partial charge in [0.25, 0.3) is 0 Å². The molecule has 4 rings (SSSR count). The van der Waals surface area contributed by atoms with Crippen molar-refractivity contribution >= 4 is 40.2 Å². The number of carbonyl (C=O) groups is 1. The fourth-order valence-corrected chi connectivity index (χ4v) is 4.87. The molecule has 2 heterocycles. The van der Waals surface area contributed by atoms with Crippen LogP contribution in [0, 0.1) is 6.92 Å². The first-order valence-corrected chi connectivity index (χ1v) is 11.2. The van der Waals surface area contributed by atoms with Crippen molar-refractivity contribution in [2.24, 2.45) is 5.73 Å². The second-order valence-corrected chi connectivity index (χ2v) is 8.54. The molecule has 0 spiro atoms. The molecule has 0 radical (unpaired) electrons. The van der Waals surface area contributed by atoms with Gasteiger partial charge in [-0.25, -0.2) is 4.98 Å². The predicted molar refractivity (Wildman–Crippen MR) is 124 cm³/mol. The first kappa shape index (κ1) is 20.7. The summed E-state index contributed by atoms with van der Waals surface area (Å²) in [6.45, 7) is 8.29. The van der Waals surface area contributed by atoms with Crippen molar-refractivity contribution in [3.8, 4) is 0 Å². The van der Waals surface area contributed by atoms with Gasteiger partial charge < -0.3 is 15.2 Å². The Labute approximate surface area is 182 Å². The maximum atomic E-state index is 11.6. The van der Waals surface area contributed by atoms with Crippen LogP contribution in [0.25, 0.3) is 11.0 Å². The van der Waals surface area contributed by atoms with Crippen molar-refractivity contribution in [3.63, 3.8) is 0 Å². The quantitative estimate of drug-likeness (QED) is 0.551. The lowest BCUT2D eigenvalue weighted by atomic mass is 9.93. The smallest absolute Gasteiger partial charge is 0.248 e. The highest BCUT2D eigenvalue weighted by atomic mass is 35.5. The van der Waals surface area contributed by atoms with Crippen LogP contribution in [0.3, 0.4) is 0 Å². The topological polar surface area (TPSA) is 64.2 Å². The van der Waals surface area contributed by atoms with Gasteiger partial charge in [-0.15, -0.1) is 0 Å². The molecule has 0 unspecified atom stereocenters. The second kappa shape index (κ2) is 8.31. The van der Waals surface area contributed by atoms with Gasteiger partial charge in [-0.05, 0) is 73.9 Å². The SMILES string of the molecule is CCC(CC)c1ccc(Cl)c2nc3n(c12)CCCCN3c1ccc(C(N)=O)cc1C. The largest absolute Gasteiger partial charge is 0.366 e. The minimum absolute atomic E-state index is 0.408. The molecule has 0 atom stereocenters. The van der Waals surface area contributed by atoms with Crippen LogP contribution in [0.4, 0.5) is 11.6 Å². The fourth-order valence-electron chi connectivity index (χ4n) is 4.68. The summed E-state index contributed by atoms with van der Waals surface area (Å²) in [7, 11) is 0. The molecule has 6 heteroatoms. The summed E-state index contributed by atoms with van der Waals surface area (Å²) in [5, 5.41) is 0.695. The third-order valence-electron chi connectivity index (χ3n) is 6.31. The molecular formula is C24H29ClN4O. The number of nitrogens with two attached hydrogens (primary N) is 1. The Hall–Kier alpha value is -2.53. The predicted octanol–water partition coefficient (Wildman–Crippen LogP) is 5.93. The molecule has 2 N–H and O–H groups in total. The lowest BCUT2D eigenvalue weighted by molar-refractivity contribution is 0.1000. The van der Waals surface area contributed by atoms with Crippen LogP contribution in [0.2, 0.25) is 5.02 Å². The lowest BCUT2D eigenvalue weighted by Gasteiger charge is -2.24. The standard InChI is InChI=1S/C24H29ClN4O/c1-4-16(5-2)18-9-10-19(25)21-22(18)29-13-7-6-12-28(24(29)27-21)20-11-8-17(23(26)30)14-15(20)3/h8-11,14,16H,4-7,12-13H2,1-3H3,(H2,26,30). The van der Waals surface area contributed by atoms with Crippen LogP contribution in [-0.4, -0.2) is 22.0 Å². The first-order chi connectivity index (χ1) is 14.5. The zero-order valence-electron chi connectivity index (χ0n) is 17.9. The Morgan fingerprint density at radius 1 is 1.17 bits per heavy atom. The Bertz CT molecular complexity index is 1100. The lowest BCUT2D eigenvalue weighted by Crippen LogP contribution is -2.21. The van der Waals surface area contributed by atoms with E-state index in [0.29, 0.717) is 16.5 Å². The molecule has 3 aromatic rings. The molecule has 0 bridgehead atoms. The number of hydrogen-bond donors (Lipinski definition) is 1. The Morgan fingerprint density at radius 3 is 2.57 bits per heavy atom. The average Bonchev–Trinajstić information content (AvgIpc) is 2.99. The number of imidazole rings is 1. The number of aryl methyl sites for hydroxylation is 2. The van der Waals surface area contributed by atoms with Crippen molar-refractivity contribution in [2.45, 2.75) is 58.9 Å². The van der Waals surface area contributed by atoms with Crippen molar-refractivity contribution in [1.29, 1.82) is 0 Å². The molecule has 0 saturated carbocycles. The number of primary amides is 1. The van der Waals surface area contributed by atoms with Crippen molar-refractivity contribution < 1.29 is 4.79 Å². The number of benzene rings is 2. The van der Waals surface area contributed by atoms with Gasteiger partial charge in [0.1, 0.15) is 5.52 Å². The van der Waals surface area contributed by atoms with Crippen LogP contribution in [0.1, 0.15) is 66.9 Å². The van der Waals surface area contributed by atoms with Crippen LogP contribution in [0.5, 0.6) is 0 Å². The number of halogens is 1. The summed E-state index contributed by atoms with van der Waals surface area (Å²) in [6.07, 6.45) is 4.33. The van der Waals surface area contributed by atoms with E-state index in [4.69, 9.17) is 22.3 Å². The summed E-state index contributed by atoms with van der Waals surface area (Å²) in [4.78, 5) is 18.9. The molecule has 1 aliphatic rings. The average molecular weight is 425 g/mol. The van der Waals surface area contributed by atoms with E-state index in [-0.39, 0.29) is 0 Å². The molecule has 1 amide bonds. The second-order valence-electron chi connectivity index (χ2n) is 8.13. The third kappa shape index (κ3) is 3.45. The number of hydrogen-bond acceptors (Lipinski definition) is 3. The zero-order valence-corrected chi connectivity index (χ0v) is 18.7. The molecular weight excluding hydrogens is 396 g/mol. The van der Waals surface area contributed by atoms with Crippen LogP contribution >= 0.6 is 11.6 Å². The fraction of sp³-hybridized carbons (Fsp3) is 0.417. The highest BCUT2D eigenvalue weighted by Crippen LogP contribution is 2.39. The molecule has 5 nitrogen and oxygen atoms in total. The normalized spacial score (nSPS) is 14.2. The van der Waals surface area contributed by atoms with Gasteiger partial charge >= 0.3 is 0 Å². The number of carbonyl (C=O) groups excluding carboxylic acids is 1. The number of anilines is 2. The van der Waals surface area contributed by atoms with Gasteiger partial charge in [-0.1, -0.05) is 31.5 Å². The number of rotatable bonds is 5. The molecule has 2 aromatic carbocycles. The number of amides is 1. The molecule has 1 aliphatic heterocycles. The van der Waals surface area contributed by atoms with Crippen molar-refractivity contribution in [1.82, 2.24) is 9.55 Å². The molecule has 158 valence electrons. The summed E-state index contributed by atoms with van der Waals surface area (Å²) in [5.74, 6) is 1.01. The summed E-state index contributed by atoms with van der Waals surface area (Å²) in [5.41, 5.74) is 11.4. The Morgan fingerprint density at radius 2 is 1.90 bits per heavy atom. The van der Waals surface area contributed by atoms with Gasteiger partial charge in [0.15, 0.2) is 0 Å². The van der Waals surface area contributed by atoms with E-state index in [9.17, 15) is 4.79 Å². The van der Waals surface area contributed by atoms with Gasteiger partial charge in [0, 0.05) is 24.3 Å². The van der Waals surface area contributed by atoms with Gasteiger partial charge in [0.05, 0.1) is 10.5 Å². The zero-order chi connectivity index (χ0) is 21.4. The maximum Gasteiger partial charge on any atom is 0.248 e. The summed E-state index contributed by atoms with van der Waals surface area (Å²) >= 11 is 6.62. The Balaban J connectivity index is 1.93. The first-order valence-electron chi connectivity index (χ1n) is 10.8. The minimum atomic E-state index is -0.408. The van der Waals surface area contributed by atoms with E-state index < -0.39 is 5.91 Å². The van der Waals surface area contributed by atoms with E-state index in [2.05, 4.69) is 29.4 Å². The monoisotopic (exact) mass is 424 g/mol. The van der Waals surface area contributed by atoms with Gasteiger partial charge in [0.2, 0.25) is 11.9 Å². The summed E-state index contributed by atoms with van der Waals surface area (Å²) in [6, 6.07) is 9.80. The minimum Gasteiger partial charge on any atom is -0.366 e. The molecule has 30 heavy (non-hydrogen) atoms. The Kier molecular flexibility index (Phi) is 5.74. The van der Waals surface area contributed by atoms with Gasteiger partial charge in [-0.2, -0.15) is 0 Å². The van der Waals surface area contributed by atoms with Crippen LogP contribution < -0.4 is 10.6 Å². The molecule has 0 fully saturated rings. The highest BCUT2D eigenvalue weighted by molar-refractivity contribution is 6.35. The number of aromatic nitrogens is 2. The molecule has 1 aromatic heterocycles. The summed E-state index contributed by atoms with van der Waals surface area (Å²) < 4.78 is 2.35. The number of nitrogens with zero attached hydrogens (tertiary/aromatic N) is 3. The third-order valence-corrected chi connectivity index (χ3v) is 6.61. The van der Waals surface area contributed by atoms with E-state index >= 15 is 0 Å². The van der Waals surface area contributed by atoms with E-state index in [1.165, 1.54) is 11.1 Å². The van der Waals surface area contributed by atoms with E-state index in [0.717, 1.165) is 61.5 Å². The van der Waals surface area contributed by atoms with Crippen LogP contribution in [-0.2, 0) is 6.54 Å². The van der Waals surface area contributed by atoms with Crippen LogP contribution in [0.15, 0.2) is 30.3 Å². The van der Waals surface area contributed by atoms with Crippen molar-refractivity contribution in [3.05, 3.63) is 52.0 Å².